The number of rotatable bonds is 10. The second-order valence-electron chi connectivity index (χ2n) is 7.91. The van der Waals surface area contributed by atoms with Crippen LogP contribution in [0.3, 0.4) is 0 Å². The van der Waals surface area contributed by atoms with Crippen molar-refractivity contribution >= 4 is 29.1 Å². The van der Waals surface area contributed by atoms with Gasteiger partial charge in [-0.05, 0) is 36.6 Å². The molecule has 33 heavy (non-hydrogen) atoms. The summed E-state index contributed by atoms with van der Waals surface area (Å²) in [6.07, 6.45) is 0. The van der Waals surface area contributed by atoms with Crippen molar-refractivity contribution in [3.05, 3.63) is 50.2 Å². The van der Waals surface area contributed by atoms with E-state index in [1.165, 1.54) is 23.7 Å². The fourth-order valence-electron chi connectivity index (χ4n) is 3.30. The maximum Gasteiger partial charge on any atom is 0.337 e. The van der Waals surface area contributed by atoms with Gasteiger partial charge in [-0.2, -0.15) is 0 Å². The number of hydrogen-bond donors (Lipinski definition) is 3. The van der Waals surface area contributed by atoms with Crippen molar-refractivity contribution in [2.24, 2.45) is 5.92 Å². The van der Waals surface area contributed by atoms with Crippen LogP contribution in [0.1, 0.15) is 29.8 Å². The van der Waals surface area contributed by atoms with Crippen LogP contribution < -0.4 is 27.2 Å². The van der Waals surface area contributed by atoms with E-state index >= 15 is 0 Å². The molecule has 0 atom stereocenters. The monoisotopic (exact) mass is 461 g/mol. The lowest BCUT2D eigenvalue weighted by Crippen LogP contribution is -2.44. The summed E-state index contributed by atoms with van der Waals surface area (Å²) in [6.45, 7) is 5.93. The van der Waals surface area contributed by atoms with Crippen molar-refractivity contribution in [3.63, 3.8) is 0 Å². The van der Waals surface area contributed by atoms with Gasteiger partial charge in [0.1, 0.15) is 5.82 Å². The predicted molar refractivity (Wildman–Crippen MR) is 126 cm³/mol. The summed E-state index contributed by atoms with van der Waals surface area (Å²) >= 11 is 0. The Morgan fingerprint density at radius 3 is 2.52 bits per heavy atom. The molecule has 0 saturated carbocycles. The van der Waals surface area contributed by atoms with Gasteiger partial charge < -0.3 is 25.4 Å². The van der Waals surface area contributed by atoms with Gasteiger partial charge in [0.25, 0.3) is 5.56 Å². The molecule has 0 bridgehead atoms. The van der Waals surface area contributed by atoms with Crippen LogP contribution in [0.4, 0.5) is 17.2 Å². The number of methoxy groups -OCH3 is 2. The molecule has 11 heteroatoms. The molecule has 11 nitrogen and oxygen atoms in total. The molecule has 0 spiro atoms. The van der Waals surface area contributed by atoms with Crippen LogP contribution in [-0.4, -0.2) is 55.3 Å². The molecule has 2 aromatic rings. The largest absolute Gasteiger partial charge is 0.465 e. The SMILES string of the molecule is COCCN(C(=O)CNc1ccc(C(=O)OC)cc1C)c1c(N)n(CC(C)C)c(=O)[nH]c1=O. The number of nitrogen functional groups attached to an aromatic ring is 1. The van der Waals surface area contributed by atoms with Crippen LogP contribution in [-0.2, 0) is 20.8 Å². The number of benzene rings is 1. The Kier molecular flexibility index (Phi) is 8.80. The molecule has 0 unspecified atom stereocenters. The Morgan fingerprint density at radius 1 is 1.24 bits per heavy atom. The van der Waals surface area contributed by atoms with Crippen LogP contribution in [0, 0.1) is 12.8 Å². The zero-order valence-corrected chi connectivity index (χ0v) is 19.6. The number of nitrogens with one attached hydrogen (secondary N) is 2. The number of nitrogens with two attached hydrogens (primary N) is 1. The third-order valence-electron chi connectivity index (χ3n) is 4.93. The van der Waals surface area contributed by atoms with Gasteiger partial charge in [0.15, 0.2) is 5.69 Å². The standard InChI is InChI=1S/C22H31N5O6/c1-13(2)12-27-19(23)18(20(29)25-22(27)31)26(8-9-32-4)17(28)11-24-16-7-6-15(10-14(16)3)21(30)33-5/h6-7,10,13,24H,8-9,11-12,23H2,1-5H3,(H,25,29,31). The number of carbonyl (C=O) groups excluding carboxylic acids is 2. The summed E-state index contributed by atoms with van der Waals surface area (Å²) in [5.74, 6) is -0.905. The molecule has 0 aliphatic rings. The number of nitrogens with zero attached hydrogens (tertiary/aromatic N) is 2. The van der Waals surface area contributed by atoms with Gasteiger partial charge in [-0.15, -0.1) is 0 Å². The summed E-state index contributed by atoms with van der Waals surface area (Å²) in [5, 5.41) is 3.01. The molecule has 1 amide bonds. The quantitative estimate of drug-likeness (QED) is 0.443. The van der Waals surface area contributed by atoms with Crippen LogP contribution in [0.2, 0.25) is 0 Å². The second kappa shape index (κ2) is 11.3. The smallest absolute Gasteiger partial charge is 0.337 e. The number of aromatic amines is 1. The molecule has 4 N–H and O–H groups in total. The average molecular weight is 462 g/mol. The van der Waals surface area contributed by atoms with Crippen molar-refractivity contribution in [1.82, 2.24) is 9.55 Å². The molecule has 0 aliphatic heterocycles. The maximum absolute atomic E-state index is 13.1. The van der Waals surface area contributed by atoms with Gasteiger partial charge in [-0.25, -0.2) is 9.59 Å². The van der Waals surface area contributed by atoms with Gasteiger partial charge in [0.2, 0.25) is 5.91 Å². The number of amides is 1. The van der Waals surface area contributed by atoms with E-state index < -0.39 is 23.1 Å². The van der Waals surface area contributed by atoms with Crippen LogP contribution in [0.25, 0.3) is 0 Å². The van der Waals surface area contributed by atoms with Gasteiger partial charge in [0, 0.05) is 25.9 Å². The lowest BCUT2D eigenvalue weighted by Gasteiger charge is -2.25. The number of hydrogen-bond acceptors (Lipinski definition) is 8. The summed E-state index contributed by atoms with van der Waals surface area (Å²) < 4.78 is 11.0. The summed E-state index contributed by atoms with van der Waals surface area (Å²) in [4.78, 5) is 53.1. The Labute approximate surface area is 191 Å². The molecule has 1 aromatic carbocycles. The van der Waals surface area contributed by atoms with E-state index in [4.69, 9.17) is 15.2 Å². The van der Waals surface area contributed by atoms with E-state index in [0.717, 1.165) is 5.56 Å². The molecular weight excluding hydrogens is 430 g/mol. The second-order valence-corrected chi connectivity index (χ2v) is 7.91. The molecule has 0 saturated heterocycles. The predicted octanol–water partition coefficient (Wildman–Crippen LogP) is 0.961. The van der Waals surface area contributed by atoms with Crippen molar-refractivity contribution in [3.8, 4) is 0 Å². The number of esters is 1. The highest BCUT2D eigenvalue weighted by atomic mass is 16.5. The Bertz CT molecular complexity index is 1120. The van der Waals surface area contributed by atoms with Crippen molar-refractivity contribution in [2.75, 3.05) is 49.9 Å². The number of aromatic nitrogens is 2. The normalized spacial score (nSPS) is 10.8. The van der Waals surface area contributed by atoms with E-state index in [1.807, 2.05) is 13.8 Å². The summed E-state index contributed by atoms with van der Waals surface area (Å²) in [5.41, 5.74) is 6.45. The maximum atomic E-state index is 13.1. The highest BCUT2D eigenvalue weighted by molar-refractivity contribution is 5.98. The Balaban J connectivity index is 2.34. The third-order valence-corrected chi connectivity index (χ3v) is 4.93. The van der Waals surface area contributed by atoms with Crippen molar-refractivity contribution in [2.45, 2.75) is 27.3 Å². The number of H-pyrrole nitrogens is 1. The molecular formula is C22H31N5O6. The zero-order chi connectivity index (χ0) is 24.7. The Hall–Kier alpha value is -3.60. The van der Waals surface area contributed by atoms with Gasteiger partial charge in [-0.3, -0.25) is 19.1 Å². The lowest BCUT2D eigenvalue weighted by molar-refractivity contribution is -0.117. The van der Waals surface area contributed by atoms with E-state index in [9.17, 15) is 19.2 Å². The molecule has 0 fully saturated rings. The molecule has 2 rings (SSSR count). The zero-order valence-electron chi connectivity index (χ0n) is 19.6. The number of anilines is 3. The van der Waals surface area contributed by atoms with Crippen molar-refractivity contribution < 1.29 is 19.1 Å². The molecule has 1 heterocycles. The molecule has 180 valence electrons. The van der Waals surface area contributed by atoms with Gasteiger partial charge in [0.05, 0.1) is 25.8 Å². The van der Waals surface area contributed by atoms with E-state index in [0.29, 0.717) is 11.3 Å². The van der Waals surface area contributed by atoms with Crippen LogP contribution in [0.5, 0.6) is 0 Å². The first-order chi connectivity index (χ1) is 15.6. The first-order valence-electron chi connectivity index (χ1n) is 10.4. The average Bonchev–Trinajstić information content (AvgIpc) is 2.76. The molecule has 1 aromatic heterocycles. The fourth-order valence-corrected chi connectivity index (χ4v) is 3.30. The highest BCUT2D eigenvalue weighted by Gasteiger charge is 2.24. The van der Waals surface area contributed by atoms with Crippen molar-refractivity contribution in [1.29, 1.82) is 0 Å². The van der Waals surface area contributed by atoms with E-state index in [1.54, 1.807) is 25.1 Å². The van der Waals surface area contributed by atoms with E-state index in [2.05, 4.69) is 10.3 Å². The summed E-state index contributed by atoms with van der Waals surface area (Å²) in [6, 6.07) is 4.89. The number of ether oxygens (including phenoxy) is 2. The fraction of sp³-hybridized carbons (Fsp3) is 0.455. The Morgan fingerprint density at radius 2 is 1.94 bits per heavy atom. The van der Waals surface area contributed by atoms with Crippen LogP contribution in [0.15, 0.2) is 27.8 Å². The topological polar surface area (TPSA) is 149 Å². The van der Waals surface area contributed by atoms with Gasteiger partial charge in [-0.1, -0.05) is 13.8 Å². The van der Waals surface area contributed by atoms with Gasteiger partial charge >= 0.3 is 11.7 Å². The van der Waals surface area contributed by atoms with E-state index in [-0.39, 0.29) is 43.7 Å². The highest BCUT2D eigenvalue weighted by Crippen LogP contribution is 2.20. The molecule has 0 radical (unpaired) electrons. The van der Waals surface area contributed by atoms with Crippen LogP contribution >= 0.6 is 0 Å². The number of carbonyl (C=O) groups is 2. The first kappa shape index (κ1) is 25.7. The minimum absolute atomic E-state index is 0.0600. The minimum Gasteiger partial charge on any atom is -0.465 e. The third kappa shape index (κ3) is 6.22. The lowest BCUT2D eigenvalue weighted by atomic mass is 10.1. The first-order valence-corrected chi connectivity index (χ1v) is 10.4. The minimum atomic E-state index is -0.749. The summed E-state index contributed by atoms with van der Waals surface area (Å²) in [7, 11) is 2.77. The molecule has 0 aliphatic carbocycles. The number of aryl methyl sites for hydroxylation is 1.